The van der Waals surface area contributed by atoms with Gasteiger partial charge in [0.05, 0.1) is 36.2 Å². The van der Waals surface area contributed by atoms with Crippen LogP contribution < -0.4 is 9.47 Å². The smallest absolute Gasteiger partial charge is 0.307 e. The van der Waals surface area contributed by atoms with Crippen LogP contribution in [0.1, 0.15) is 30.0 Å². The van der Waals surface area contributed by atoms with Gasteiger partial charge in [0.2, 0.25) is 0 Å². The first-order chi connectivity index (χ1) is 13.5. The average molecular weight is 424 g/mol. The quantitative estimate of drug-likeness (QED) is 0.715. The molecule has 0 aromatic heterocycles. The van der Waals surface area contributed by atoms with Crippen molar-refractivity contribution in [2.45, 2.75) is 18.9 Å². The Morgan fingerprint density at radius 3 is 2.64 bits per heavy atom. The number of halogens is 2. The Morgan fingerprint density at radius 2 is 1.96 bits per heavy atom. The van der Waals surface area contributed by atoms with Crippen molar-refractivity contribution >= 4 is 29.2 Å². The van der Waals surface area contributed by atoms with Crippen LogP contribution in [0.4, 0.5) is 0 Å². The molecular formula is C21H23Cl2NO4. The third kappa shape index (κ3) is 4.22. The molecule has 0 saturated carbocycles. The molecule has 2 aromatic carbocycles. The number of nitrogens with zero attached hydrogens (tertiary/aromatic N) is 1. The molecule has 7 heteroatoms. The van der Waals surface area contributed by atoms with E-state index in [4.69, 9.17) is 32.7 Å². The fourth-order valence-electron chi connectivity index (χ4n) is 3.78. The number of hydrogen-bond donors (Lipinski definition) is 1. The number of carbonyl (C=O) groups is 1. The molecule has 28 heavy (non-hydrogen) atoms. The summed E-state index contributed by atoms with van der Waals surface area (Å²) in [6, 6.07) is 10.9. The van der Waals surface area contributed by atoms with Gasteiger partial charge in [-0.15, -0.1) is 0 Å². The van der Waals surface area contributed by atoms with E-state index in [1.165, 1.54) is 0 Å². The van der Waals surface area contributed by atoms with Crippen molar-refractivity contribution in [2.75, 3.05) is 27.3 Å². The number of rotatable bonds is 6. The highest BCUT2D eigenvalue weighted by Gasteiger charge is 2.34. The number of carboxylic acids is 1. The lowest BCUT2D eigenvalue weighted by Crippen LogP contribution is -2.41. The molecule has 0 amide bonds. The highest BCUT2D eigenvalue weighted by molar-refractivity contribution is 6.42. The Labute approximate surface area is 174 Å². The lowest BCUT2D eigenvalue weighted by Gasteiger charge is -2.38. The Kier molecular flexibility index (Phi) is 6.70. The maximum Gasteiger partial charge on any atom is 0.307 e. The summed E-state index contributed by atoms with van der Waals surface area (Å²) in [7, 11) is 3.20. The molecule has 2 atom stereocenters. The van der Waals surface area contributed by atoms with Crippen LogP contribution in [0.3, 0.4) is 0 Å². The summed E-state index contributed by atoms with van der Waals surface area (Å²) >= 11 is 12.9. The third-order valence-corrected chi connectivity index (χ3v) is 6.01. The van der Waals surface area contributed by atoms with Crippen molar-refractivity contribution in [1.82, 2.24) is 4.90 Å². The largest absolute Gasteiger partial charge is 0.497 e. The maximum absolute atomic E-state index is 11.6. The molecule has 1 heterocycles. The summed E-state index contributed by atoms with van der Waals surface area (Å²) < 4.78 is 10.9. The monoisotopic (exact) mass is 423 g/mol. The normalized spacial score (nSPS) is 18.5. The molecule has 3 rings (SSSR count). The summed E-state index contributed by atoms with van der Waals surface area (Å²) in [5, 5.41) is 10.5. The van der Waals surface area contributed by atoms with Gasteiger partial charge in [-0.25, -0.2) is 0 Å². The maximum atomic E-state index is 11.6. The standard InChI is InChI=1S/C21H23Cl2NO4/c1-27-14-8-9-15(18(11-14)28-2)20(16-6-3-7-17(22)19(16)23)24-10-4-5-13(12-24)21(25)26/h3,6-9,11,13,20H,4-5,10,12H2,1-2H3,(H,25,26). The molecule has 2 unspecified atom stereocenters. The van der Waals surface area contributed by atoms with E-state index < -0.39 is 11.9 Å². The molecule has 0 spiro atoms. The predicted octanol–water partition coefficient (Wildman–Crippen LogP) is 4.90. The topological polar surface area (TPSA) is 59.0 Å². The zero-order valence-corrected chi connectivity index (χ0v) is 17.3. The van der Waals surface area contributed by atoms with Gasteiger partial charge in [0.25, 0.3) is 0 Å². The highest BCUT2D eigenvalue weighted by Crippen LogP contribution is 2.42. The van der Waals surface area contributed by atoms with Gasteiger partial charge in [0.15, 0.2) is 0 Å². The number of likely N-dealkylation sites (tertiary alicyclic amines) is 1. The minimum absolute atomic E-state index is 0.283. The first kappa shape index (κ1) is 20.8. The van der Waals surface area contributed by atoms with Crippen LogP contribution in [0.5, 0.6) is 11.5 Å². The lowest BCUT2D eigenvalue weighted by atomic mass is 9.91. The molecule has 0 aliphatic carbocycles. The fourth-order valence-corrected chi connectivity index (χ4v) is 4.19. The third-order valence-electron chi connectivity index (χ3n) is 5.18. The van der Waals surface area contributed by atoms with Gasteiger partial charge in [-0.05, 0) is 43.1 Å². The number of benzene rings is 2. The molecular weight excluding hydrogens is 401 g/mol. The van der Waals surface area contributed by atoms with E-state index in [0.29, 0.717) is 34.5 Å². The Bertz CT molecular complexity index is 858. The zero-order valence-electron chi connectivity index (χ0n) is 15.8. The Morgan fingerprint density at radius 1 is 1.18 bits per heavy atom. The van der Waals surface area contributed by atoms with Crippen molar-refractivity contribution in [3.8, 4) is 11.5 Å². The van der Waals surface area contributed by atoms with Crippen LogP contribution in [0.15, 0.2) is 36.4 Å². The minimum Gasteiger partial charge on any atom is -0.497 e. The first-order valence-electron chi connectivity index (χ1n) is 9.09. The number of piperidine rings is 1. The van der Waals surface area contributed by atoms with Crippen molar-refractivity contribution in [3.05, 3.63) is 57.6 Å². The molecule has 0 bridgehead atoms. The number of aliphatic carboxylic acids is 1. The summed E-state index contributed by atoms with van der Waals surface area (Å²) in [4.78, 5) is 13.8. The second kappa shape index (κ2) is 9.03. The van der Waals surface area contributed by atoms with Gasteiger partial charge in [-0.2, -0.15) is 0 Å². The number of ether oxygens (including phenoxy) is 2. The Balaban J connectivity index is 2.12. The summed E-state index contributed by atoms with van der Waals surface area (Å²) in [6.45, 7) is 1.19. The molecule has 1 fully saturated rings. The average Bonchev–Trinajstić information content (AvgIpc) is 2.71. The predicted molar refractivity (Wildman–Crippen MR) is 110 cm³/mol. The van der Waals surface area contributed by atoms with E-state index in [-0.39, 0.29) is 6.04 Å². The molecule has 1 aliphatic heterocycles. The van der Waals surface area contributed by atoms with Crippen LogP contribution in [-0.4, -0.2) is 43.3 Å². The summed E-state index contributed by atoms with van der Waals surface area (Å²) in [5.74, 6) is 0.136. The second-order valence-electron chi connectivity index (χ2n) is 6.83. The van der Waals surface area contributed by atoms with Gasteiger partial charge >= 0.3 is 5.97 Å². The fraction of sp³-hybridized carbons (Fsp3) is 0.381. The van der Waals surface area contributed by atoms with E-state index in [1.54, 1.807) is 20.3 Å². The van der Waals surface area contributed by atoms with Crippen LogP contribution >= 0.6 is 23.2 Å². The zero-order chi connectivity index (χ0) is 20.3. The number of carboxylic acid groups (broad SMARTS) is 1. The SMILES string of the molecule is COc1ccc(C(c2cccc(Cl)c2Cl)N2CCCC(C(=O)O)C2)c(OC)c1. The second-order valence-corrected chi connectivity index (χ2v) is 7.61. The molecule has 0 radical (unpaired) electrons. The Hall–Kier alpha value is -1.95. The minimum atomic E-state index is -0.776. The molecule has 1 saturated heterocycles. The van der Waals surface area contributed by atoms with E-state index in [0.717, 1.165) is 24.1 Å². The van der Waals surface area contributed by atoms with Crippen LogP contribution in [-0.2, 0) is 4.79 Å². The molecule has 150 valence electrons. The van der Waals surface area contributed by atoms with Gasteiger partial charge in [0.1, 0.15) is 11.5 Å². The van der Waals surface area contributed by atoms with Crippen LogP contribution in [0.25, 0.3) is 0 Å². The van der Waals surface area contributed by atoms with Crippen LogP contribution in [0.2, 0.25) is 10.0 Å². The van der Waals surface area contributed by atoms with E-state index >= 15 is 0 Å². The number of hydrogen-bond acceptors (Lipinski definition) is 4. The van der Waals surface area contributed by atoms with Gasteiger partial charge in [0, 0.05) is 18.2 Å². The van der Waals surface area contributed by atoms with Gasteiger partial charge in [-0.1, -0.05) is 35.3 Å². The van der Waals surface area contributed by atoms with E-state index in [2.05, 4.69) is 4.90 Å². The molecule has 2 aromatic rings. The van der Waals surface area contributed by atoms with Gasteiger partial charge in [-0.3, -0.25) is 9.69 Å². The molecule has 1 N–H and O–H groups in total. The van der Waals surface area contributed by atoms with E-state index in [1.807, 2.05) is 30.3 Å². The first-order valence-corrected chi connectivity index (χ1v) is 9.84. The van der Waals surface area contributed by atoms with Gasteiger partial charge < -0.3 is 14.6 Å². The van der Waals surface area contributed by atoms with Crippen molar-refractivity contribution < 1.29 is 19.4 Å². The van der Waals surface area contributed by atoms with Crippen molar-refractivity contribution in [1.29, 1.82) is 0 Å². The van der Waals surface area contributed by atoms with Crippen molar-refractivity contribution in [2.24, 2.45) is 5.92 Å². The summed E-state index contributed by atoms with van der Waals surface area (Å²) in [6.07, 6.45) is 1.46. The molecule has 1 aliphatic rings. The lowest BCUT2D eigenvalue weighted by molar-refractivity contribution is -0.143. The molecule has 5 nitrogen and oxygen atoms in total. The highest BCUT2D eigenvalue weighted by atomic mass is 35.5. The van der Waals surface area contributed by atoms with E-state index in [9.17, 15) is 9.90 Å². The number of methoxy groups -OCH3 is 2. The van der Waals surface area contributed by atoms with Crippen LogP contribution in [0, 0.1) is 5.92 Å². The summed E-state index contributed by atoms with van der Waals surface area (Å²) in [5.41, 5.74) is 1.71. The van der Waals surface area contributed by atoms with Crippen molar-refractivity contribution in [3.63, 3.8) is 0 Å².